The third kappa shape index (κ3) is 2.30. The Labute approximate surface area is 115 Å². The minimum Gasteiger partial charge on any atom is -0.388 e. The predicted molar refractivity (Wildman–Crippen MR) is 82.5 cm³/mol. The second-order valence-corrected chi connectivity index (χ2v) is 5.17. The summed E-state index contributed by atoms with van der Waals surface area (Å²) in [5.41, 5.74) is 6.68. The average Bonchev–Trinajstić information content (AvgIpc) is 2.94. The first-order valence-electron chi connectivity index (χ1n) is 6.91. The van der Waals surface area contributed by atoms with E-state index in [4.69, 9.17) is 0 Å². The second-order valence-electron chi connectivity index (χ2n) is 5.17. The maximum absolute atomic E-state index is 3.19. The molecule has 0 unspecified atom stereocenters. The molecule has 0 radical (unpaired) electrons. The molecule has 2 aromatic rings. The lowest BCUT2D eigenvalue weighted by Crippen LogP contribution is -2.10. The number of nitrogens with one attached hydrogen (secondary N) is 1. The smallest absolute Gasteiger partial charge is 0.0428 e. The van der Waals surface area contributed by atoms with Crippen molar-refractivity contribution >= 4 is 17.1 Å². The van der Waals surface area contributed by atoms with Gasteiger partial charge in [0.05, 0.1) is 0 Å². The summed E-state index contributed by atoms with van der Waals surface area (Å²) in [4.78, 5) is 2.25. The van der Waals surface area contributed by atoms with E-state index in [1.54, 1.807) is 0 Å². The van der Waals surface area contributed by atoms with Gasteiger partial charge in [0.1, 0.15) is 0 Å². The van der Waals surface area contributed by atoms with Crippen molar-refractivity contribution in [2.24, 2.45) is 0 Å². The van der Waals surface area contributed by atoms with Gasteiger partial charge in [-0.15, -0.1) is 0 Å². The third-order valence-electron chi connectivity index (χ3n) is 3.99. The van der Waals surface area contributed by atoms with E-state index in [-0.39, 0.29) is 0 Å². The molecule has 0 saturated heterocycles. The molecule has 0 fully saturated rings. The van der Waals surface area contributed by atoms with Crippen LogP contribution in [0.4, 0.5) is 17.1 Å². The Hall–Kier alpha value is -1.96. The summed E-state index contributed by atoms with van der Waals surface area (Å²) in [6.45, 7) is 0. The highest BCUT2D eigenvalue weighted by atomic mass is 15.1. The number of benzene rings is 2. The number of rotatable bonds is 3. The van der Waals surface area contributed by atoms with Crippen LogP contribution in [-0.4, -0.2) is 14.1 Å². The van der Waals surface area contributed by atoms with E-state index in [9.17, 15) is 0 Å². The standard InChI is InChI=1S/C17H20N2/c1-18-15-7-4-8-16(12-15)19(2)17-10-9-13-5-3-6-14(13)11-17/h4,7-12,18H,3,5-6H2,1-2H3. The molecule has 2 heteroatoms. The van der Waals surface area contributed by atoms with Crippen LogP contribution >= 0.6 is 0 Å². The number of anilines is 3. The van der Waals surface area contributed by atoms with Crippen LogP contribution in [0.1, 0.15) is 17.5 Å². The van der Waals surface area contributed by atoms with E-state index in [1.165, 1.54) is 41.8 Å². The van der Waals surface area contributed by atoms with Crippen LogP contribution in [0.5, 0.6) is 0 Å². The first kappa shape index (κ1) is 12.1. The Morgan fingerprint density at radius 1 is 0.947 bits per heavy atom. The molecule has 0 atom stereocenters. The minimum absolute atomic E-state index is 1.14. The molecule has 0 aromatic heterocycles. The molecule has 1 aliphatic rings. The molecule has 0 spiro atoms. The van der Waals surface area contributed by atoms with Crippen molar-refractivity contribution in [2.45, 2.75) is 19.3 Å². The quantitative estimate of drug-likeness (QED) is 0.888. The lowest BCUT2D eigenvalue weighted by atomic mass is 10.1. The lowest BCUT2D eigenvalue weighted by Gasteiger charge is -2.21. The van der Waals surface area contributed by atoms with Crippen LogP contribution in [0.2, 0.25) is 0 Å². The van der Waals surface area contributed by atoms with E-state index in [0.717, 1.165) is 5.69 Å². The van der Waals surface area contributed by atoms with Gasteiger partial charge >= 0.3 is 0 Å². The number of hydrogen-bond donors (Lipinski definition) is 1. The van der Waals surface area contributed by atoms with Crippen LogP contribution < -0.4 is 10.2 Å². The molecule has 2 nitrogen and oxygen atoms in total. The largest absolute Gasteiger partial charge is 0.388 e. The van der Waals surface area contributed by atoms with E-state index in [0.29, 0.717) is 0 Å². The minimum atomic E-state index is 1.14. The Morgan fingerprint density at radius 2 is 1.74 bits per heavy atom. The molecule has 0 heterocycles. The third-order valence-corrected chi connectivity index (χ3v) is 3.99. The van der Waals surface area contributed by atoms with Gasteiger partial charge in [-0.3, -0.25) is 0 Å². The highest BCUT2D eigenvalue weighted by molar-refractivity contribution is 5.67. The van der Waals surface area contributed by atoms with Crippen molar-refractivity contribution in [3.63, 3.8) is 0 Å². The van der Waals surface area contributed by atoms with Crippen LogP contribution in [0.3, 0.4) is 0 Å². The second kappa shape index (κ2) is 4.96. The van der Waals surface area contributed by atoms with Gasteiger partial charge in [-0.25, -0.2) is 0 Å². The zero-order chi connectivity index (χ0) is 13.2. The SMILES string of the molecule is CNc1cccc(N(C)c2ccc3c(c2)CCC3)c1. The Kier molecular flexibility index (Phi) is 3.16. The first-order chi connectivity index (χ1) is 9.28. The molecule has 1 aliphatic carbocycles. The van der Waals surface area contributed by atoms with Crippen LogP contribution in [-0.2, 0) is 12.8 Å². The van der Waals surface area contributed by atoms with Gasteiger partial charge in [-0.2, -0.15) is 0 Å². The lowest BCUT2D eigenvalue weighted by molar-refractivity contribution is 0.911. The highest BCUT2D eigenvalue weighted by Gasteiger charge is 2.12. The fraction of sp³-hybridized carbons (Fsp3) is 0.294. The van der Waals surface area contributed by atoms with Gasteiger partial charge in [-0.05, 0) is 60.7 Å². The maximum atomic E-state index is 3.19. The van der Waals surface area contributed by atoms with Crippen molar-refractivity contribution in [2.75, 3.05) is 24.3 Å². The van der Waals surface area contributed by atoms with Gasteiger partial charge < -0.3 is 10.2 Å². The molecular weight excluding hydrogens is 232 g/mol. The monoisotopic (exact) mass is 252 g/mol. The van der Waals surface area contributed by atoms with Gasteiger partial charge in [0.15, 0.2) is 0 Å². The molecule has 98 valence electrons. The van der Waals surface area contributed by atoms with Crippen molar-refractivity contribution < 1.29 is 0 Å². The van der Waals surface area contributed by atoms with E-state index in [2.05, 4.69) is 59.7 Å². The topological polar surface area (TPSA) is 15.3 Å². The van der Waals surface area contributed by atoms with Crippen molar-refractivity contribution in [1.29, 1.82) is 0 Å². The van der Waals surface area contributed by atoms with Gasteiger partial charge in [0.25, 0.3) is 0 Å². The van der Waals surface area contributed by atoms with Crippen LogP contribution in [0, 0.1) is 0 Å². The fourth-order valence-electron chi connectivity index (χ4n) is 2.79. The molecule has 19 heavy (non-hydrogen) atoms. The Bertz CT molecular complexity index is 590. The molecule has 2 aromatic carbocycles. The number of fused-ring (bicyclic) bond motifs is 1. The van der Waals surface area contributed by atoms with Gasteiger partial charge in [0, 0.05) is 31.2 Å². The van der Waals surface area contributed by atoms with E-state index < -0.39 is 0 Å². The van der Waals surface area contributed by atoms with Crippen molar-refractivity contribution in [1.82, 2.24) is 0 Å². The fourth-order valence-corrected chi connectivity index (χ4v) is 2.79. The summed E-state index contributed by atoms with van der Waals surface area (Å²) in [7, 11) is 4.08. The summed E-state index contributed by atoms with van der Waals surface area (Å²) < 4.78 is 0. The molecule has 0 aliphatic heterocycles. The Morgan fingerprint density at radius 3 is 2.58 bits per heavy atom. The van der Waals surface area contributed by atoms with Crippen LogP contribution in [0.15, 0.2) is 42.5 Å². The number of aryl methyl sites for hydroxylation is 2. The molecule has 0 saturated carbocycles. The zero-order valence-electron chi connectivity index (χ0n) is 11.6. The first-order valence-corrected chi connectivity index (χ1v) is 6.91. The zero-order valence-corrected chi connectivity index (χ0v) is 11.6. The summed E-state index contributed by atoms with van der Waals surface area (Å²) in [5, 5.41) is 3.19. The van der Waals surface area contributed by atoms with E-state index >= 15 is 0 Å². The molecule has 0 amide bonds. The summed E-state index contributed by atoms with van der Waals surface area (Å²) in [6, 6.07) is 15.4. The Balaban J connectivity index is 1.92. The van der Waals surface area contributed by atoms with Gasteiger partial charge in [-0.1, -0.05) is 12.1 Å². The van der Waals surface area contributed by atoms with Crippen LogP contribution in [0.25, 0.3) is 0 Å². The summed E-state index contributed by atoms with van der Waals surface area (Å²) in [5.74, 6) is 0. The predicted octanol–water partition coefficient (Wildman–Crippen LogP) is 3.98. The summed E-state index contributed by atoms with van der Waals surface area (Å²) in [6.07, 6.45) is 3.78. The molecule has 3 rings (SSSR count). The molecule has 1 N–H and O–H groups in total. The average molecular weight is 252 g/mol. The number of hydrogen-bond acceptors (Lipinski definition) is 2. The molecule has 0 bridgehead atoms. The van der Waals surface area contributed by atoms with Crippen molar-refractivity contribution in [3.8, 4) is 0 Å². The molecular formula is C17H20N2. The number of nitrogens with zero attached hydrogens (tertiary/aromatic N) is 1. The van der Waals surface area contributed by atoms with Crippen molar-refractivity contribution in [3.05, 3.63) is 53.6 Å². The van der Waals surface area contributed by atoms with E-state index in [1.807, 2.05) is 7.05 Å². The normalized spacial score (nSPS) is 13.2. The van der Waals surface area contributed by atoms with Gasteiger partial charge in [0.2, 0.25) is 0 Å². The highest BCUT2D eigenvalue weighted by Crippen LogP contribution is 2.30. The maximum Gasteiger partial charge on any atom is 0.0428 e. The summed E-state index contributed by atoms with van der Waals surface area (Å²) >= 11 is 0.